The van der Waals surface area contributed by atoms with Gasteiger partial charge in [0.05, 0.1) is 4.92 Å². The average molecular weight is 266 g/mol. The van der Waals surface area contributed by atoms with E-state index in [0.29, 0.717) is 0 Å². The molecule has 9 nitrogen and oxygen atoms in total. The predicted molar refractivity (Wildman–Crippen MR) is 67.9 cm³/mol. The zero-order chi connectivity index (χ0) is 14.4. The van der Waals surface area contributed by atoms with E-state index in [4.69, 9.17) is 5.11 Å². The normalized spacial score (nSPS) is 11.4. The lowest BCUT2D eigenvalue weighted by Gasteiger charge is -2.14. The first-order valence-corrected chi connectivity index (χ1v) is 5.25. The van der Waals surface area contributed by atoms with Crippen LogP contribution in [0.3, 0.4) is 0 Å². The minimum Gasteiger partial charge on any atom is -0.480 e. The van der Waals surface area contributed by atoms with E-state index in [-0.39, 0.29) is 18.1 Å². The highest BCUT2D eigenvalue weighted by molar-refractivity contribution is 6.57. The number of nitrogens with one attached hydrogen (secondary N) is 2. The van der Waals surface area contributed by atoms with Crippen LogP contribution in [-0.2, 0) is 4.79 Å². The van der Waals surface area contributed by atoms with Crippen molar-refractivity contribution in [2.45, 2.75) is 6.04 Å². The van der Waals surface area contributed by atoms with Crippen LogP contribution in [0.25, 0.3) is 0 Å². The average Bonchev–Trinajstić information content (AvgIpc) is 2.34. The molecule has 0 spiro atoms. The number of aromatic nitrogens is 1. The van der Waals surface area contributed by atoms with E-state index in [0.717, 1.165) is 0 Å². The maximum Gasteiger partial charge on any atom is 0.328 e. The first-order chi connectivity index (χ1) is 8.91. The Morgan fingerprint density at radius 1 is 1.58 bits per heavy atom. The van der Waals surface area contributed by atoms with Crippen molar-refractivity contribution in [2.75, 3.05) is 11.9 Å². The fourth-order valence-electron chi connectivity index (χ4n) is 1.32. The number of carbonyl (C=O) groups is 2. The van der Waals surface area contributed by atoms with Crippen molar-refractivity contribution in [3.8, 4) is 0 Å². The minimum absolute atomic E-state index is 0.0518. The molecule has 1 amide bonds. The second-order valence-corrected chi connectivity index (χ2v) is 3.60. The molecular formula is C9H11BN4O5. The number of carbonyl (C=O) groups excluding carboxylic acids is 1. The number of nitro groups is 1. The second-order valence-electron chi connectivity index (χ2n) is 3.60. The van der Waals surface area contributed by atoms with E-state index < -0.39 is 22.7 Å². The molecule has 0 saturated carbocycles. The standard InChI is InChI=1S/C9H11BN4O5/c10-9(17)13-5(8(15)16)4-12-7-6(14(18)19)2-1-3-11-7/h1-3,5H,4,10H2,(H,11,12)(H,13,17)(H,15,16)/t5-/m0/s1. The van der Waals surface area contributed by atoms with Crippen molar-refractivity contribution in [3.05, 3.63) is 28.4 Å². The maximum absolute atomic E-state index is 10.9. The molecule has 100 valence electrons. The molecule has 0 aliphatic carbocycles. The number of pyridine rings is 1. The van der Waals surface area contributed by atoms with E-state index in [9.17, 15) is 19.7 Å². The number of carboxylic acid groups (broad SMARTS) is 1. The third-order valence-corrected chi connectivity index (χ3v) is 2.13. The highest BCUT2D eigenvalue weighted by atomic mass is 16.6. The molecule has 0 saturated heterocycles. The highest BCUT2D eigenvalue weighted by Crippen LogP contribution is 2.19. The van der Waals surface area contributed by atoms with Gasteiger partial charge in [-0.05, 0) is 6.07 Å². The van der Waals surface area contributed by atoms with E-state index >= 15 is 0 Å². The smallest absolute Gasteiger partial charge is 0.328 e. The lowest BCUT2D eigenvalue weighted by molar-refractivity contribution is -0.384. The van der Waals surface area contributed by atoms with Gasteiger partial charge in [-0.2, -0.15) is 0 Å². The second kappa shape index (κ2) is 6.33. The molecular weight excluding hydrogens is 255 g/mol. The number of aliphatic carboxylic acids is 1. The van der Waals surface area contributed by atoms with Crippen molar-refractivity contribution in [1.82, 2.24) is 10.3 Å². The third kappa shape index (κ3) is 4.26. The topological polar surface area (TPSA) is 134 Å². The third-order valence-electron chi connectivity index (χ3n) is 2.13. The van der Waals surface area contributed by atoms with E-state index in [1.54, 1.807) is 0 Å². The molecule has 3 N–H and O–H groups in total. The number of hydrogen-bond acceptors (Lipinski definition) is 6. The van der Waals surface area contributed by atoms with Gasteiger partial charge in [-0.3, -0.25) is 14.9 Å². The van der Waals surface area contributed by atoms with Gasteiger partial charge in [0, 0.05) is 18.8 Å². The zero-order valence-corrected chi connectivity index (χ0v) is 9.99. The lowest BCUT2D eigenvalue weighted by Crippen LogP contribution is -2.45. The van der Waals surface area contributed by atoms with Gasteiger partial charge in [0.2, 0.25) is 13.7 Å². The Morgan fingerprint density at radius 2 is 2.26 bits per heavy atom. The van der Waals surface area contributed by atoms with Crippen LogP contribution in [0.15, 0.2) is 18.3 Å². The molecule has 1 atom stereocenters. The molecule has 10 heteroatoms. The predicted octanol–water partition coefficient (Wildman–Crippen LogP) is -0.802. The van der Waals surface area contributed by atoms with Crippen LogP contribution in [0, 0.1) is 10.1 Å². The maximum atomic E-state index is 10.9. The summed E-state index contributed by atoms with van der Waals surface area (Å²) in [7, 11) is 1.18. The summed E-state index contributed by atoms with van der Waals surface area (Å²) in [6.45, 7) is -0.216. The van der Waals surface area contributed by atoms with Crippen LogP contribution >= 0.6 is 0 Å². The van der Waals surface area contributed by atoms with Gasteiger partial charge in [0.25, 0.3) is 0 Å². The van der Waals surface area contributed by atoms with Gasteiger partial charge >= 0.3 is 11.7 Å². The largest absolute Gasteiger partial charge is 0.480 e. The molecule has 0 aromatic carbocycles. The van der Waals surface area contributed by atoms with E-state index in [2.05, 4.69) is 15.6 Å². The van der Waals surface area contributed by atoms with Crippen LogP contribution in [0.5, 0.6) is 0 Å². The minimum atomic E-state index is -1.25. The first kappa shape index (κ1) is 14.4. The lowest BCUT2D eigenvalue weighted by atomic mass is 10.1. The van der Waals surface area contributed by atoms with Crippen LogP contribution < -0.4 is 10.6 Å². The zero-order valence-electron chi connectivity index (χ0n) is 9.99. The van der Waals surface area contributed by atoms with Crippen molar-refractivity contribution in [2.24, 2.45) is 0 Å². The summed E-state index contributed by atoms with van der Waals surface area (Å²) in [6.07, 6.45) is 1.34. The molecule has 1 aromatic heterocycles. The van der Waals surface area contributed by atoms with Gasteiger partial charge in [0.1, 0.15) is 6.04 Å². The summed E-state index contributed by atoms with van der Waals surface area (Å²) in [5.74, 6) is -1.81. The quantitative estimate of drug-likeness (QED) is 0.348. The highest BCUT2D eigenvalue weighted by Gasteiger charge is 2.20. The van der Waals surface area contributed by atoms with Gasteiger partial charge in [-0.15, -0.1) is 0 Å². The summed E-state index contributed by atoms with van der Waals surface area (Å²) >= 11 is 0. The van der Waals surface area contributed by atoms with Crippen LogP contribution in [-0.4, -0.2) is 47.2 Å². The monoisotopic (exact) mass is 266 g/mol. The Kier molecular flexibility index (Phi) is 4.80. The van der Waals surface area contributed by atoms with Crippen molar-refractivity contribution in [3.63, 3.8) is 0 Å². The molecule has 0 bridgehead atoms. The van der Waals surface area contributed by atoms with Crippen LogP contribution in [0.4, 0.5) is 16.3 Å². The Labute approximate surface area is 108 Å². The summed E-state index contributed by atoms with van der Waals surface area (Å²) in [6, 6.07) is 1.44. The Bertz CT molecular complexity index is 509. The fraction of sp³-hybridized carbons (Fsp3) is 0.222. The SMILES string of the molecule is BC(=O)N[C@@H](CNc1ncccc1[N+](=O)[O-])C(=O)O. The number of amides is 1. The number of anilines is 1. The van der Waals surface area contributed by atoms with Gasteiger partial charge < -0.3 is 15.7 Å². The van der Waals surface area contributed by atoms with Gasteiger partial charge in [0.15, 0.2) is 5.81 Å². The van der Waals surface area contributed by atoms with Gasteiger partial charge in [-0.25, -0.2) is 9.78 Å². The molecule has 1 rings (SSSR count). The Balaban J connectivity index is 2.77. The van der Waals surface area contributed by atoms with Gasteiger partial charge in [-0.1, -0.05) is 0 Å². The summed E-state index contributed by atoms with van der Waals surface area (Å²) in [5, 5.41) is 24.3. The molecule has 1 heterocycles. The van der Waals surface area contributed by atoms with Crippen LogP contribution in [0.2, 0.25) is 0 Å². The van der Waals surface area contributed by atoms with Crippen molar-refractivity contribution >= 4 is 31.1 Å². The molecule has 1 aromatic rings. The van der Waals surface area contributed by atoms with E-state index in [1.165, 1.54) is 26.2 Å². The number of nitrogens with zero attached hydrogens (tertiary/aromatic N) is 2. The summed E-state index contributed by atoms with van der Waals surface area (Å²) in [4.78, 5) is 35.5. The summed E-state index contributed by atoms with van der Waals surface area (Å²) in [5.41, 5.74) is -0.269. The molecule has 0 aliphatic heterocycles. The van der Waals surface area contributed by atoms with Crippen LogP contribution in [0.1, 0.15) is 0 Å². The molecule has 0 unspecified atom stereocenters. The molecule has 0 aliphatic rings. The fourth-order valence-corrected chi connectivity index (χ4v) is 1.32. The molecule has 0 radical (unpaired) electrons. The van der Waals surface area contributed by atoms with Crippen molar-refractivity contribution in [1.29, 1.82) is 0 Å². The first-order valence-electron chi connectivity index (χ1n) is 5.25. The number of hydrogen-bond donors (Lipinski definition) is 3. The van der Waals surface area contributed by atoms with E-state index in [1.807, 2.05) is 0 Å². The Hall–Kier alpha value is -2.65. The molecule has 19 heavy (non-hydrogen) atoms. The van der Waals surface area contributed by atoms with Crippen molar-refractivity contribution < 1.29 is 19.6 Å². The molecule has 0 fully saturated rings. The summed E-state index contributed by atoms with van der Waals surface area (Å²) < 4.78 is 0. The number of rotatable bonds is 6. The Morgan fingerprint density at radius 3 is 2.79 bits per heavy atom. The number of carboxylic acids is 1.